The molecule has 0 atom stereocenters. The Morgan fingerprint density at radius 1 is 1.33 bits per heavy atom. The van der Waals surface area contributed by atoms with E-state index in [1.54, 1.807) is 6.33 Å². The average Bonchev–Trinajstić information content (AvgIpc) is 2.70. The van der Waals surface area contributed by atoms with E-state index in [2.05, 4.69) is 55.0 Å². The number of likely N-dealkylation sites (N-methyl/N-ethyl adjacent to an activating group) is 1. The molecule has 0 bridgehead atoms. The summed E-state index contributed by atoms with van der Waals surface area (Å²) in [5.74, 6) is 1.62. The maximum atomic E-state index is 4.30. The van der Waals surface area contributed by atoms with Crippen molar-refractivity contribution in [2.45, 2.75) is 46.8 Å². The summed E-state index contributed by atoms with van der Waals surface area (Å²) in [5, 5.41) is 7.68. The summed E-state index contributed by atoms with van der Waals surface area (Å²) in [7, 11) is 2.15. The average molecular weight is 253 g/mol. The highest BCUT2D eigenvalue weighted by Crippen LogP contribution is 2.00. The molecule has 104 valence electrons. The molecule has 5 heteroatoms. The van der Waals surface area contributed by atoms with Crippen molar-refractivity contribution in [1.29, 1.82) is 0 Å². The Balaban J connectivity index is 2.29. The highest BCUT2D eigenvalue weighted by atomic mass is 15.3. The molecule has 0 fully saturated rings. The van der Waals surface area contributed by atoms with Gasteiger partial charge in [-0.05, 0) is 26.8 Å². The van der Waals surface area contributed by atoms with Crippen molar-refractivity contribution < 1.29 is 0 Å². The van der Waals surface area contributed by atoms with E-state index in [0.717, 1.165) is 32.0 Å². The number of hydrogen-bond acceptors (Lipinski definition) is 4. The fourth-order valence-electron chi connectivity index (χ4n) is 1.64. The number of nitrogens with one attached hydrogen (secondary N) is 1. The predicted octanol–water partition coefficient (Wildman–Crippen LogP) is 1.36. The lowest BCUT2D eigenvalue weighted by molar-refractivity contribution is 0.272. The van der Waals surface area contributed by atoms with E-state index in [0.29, 0.717) is 12.0 Å². The molecule has 1 aromatic rings. The zero-order chi connectivity index (χ0) is 13.5. The van der Waals surface area contributed by atoms with Crippen molar-refractivity contribution in [3.63, 3.8) is 0 Å². The van der Waals surface area contributed by atoms with Crippen LogP contribution in [-0.4, -0.2) is 45.8 Å². The summed E-state index contributed by atoms with van der Waals surface area (Å²) in [5.41, 5.74) is 0. The lowest BCUT2D eigenvalue weighted by Crippen LogP contribution is -2.34. The largest absolute Gasteiger partial charge is 0.309 e. The second-order valence-electron chi connectivity index (χ2n) is 5.50. The van der Waals surface area contributed by atoms with Crippen molar-refractivity contribution >= 4 is 0 Å². The molecule has 0 aliphatic heterocycles. The Bertz CT molecular complexity index is 332. The van der Waals surface area contributed by atoms with E-state index >= 15 is 0 Å². The molecule has 0 unspecified atom stereocenters. The minimum absolute atomic E-state index is 0.594. The first-order valence-corrected chi connectivity index (χ1v) is 6.78. The second kappa shape index (κ2) is 7.48. The third kappa shape index (κ3) is 5.14. The monoisotopic (exact) mass is 253 g/mol. The molecule has 0 radical (unpaired) electrons. The van der Waals surface area contributed by atoms with Gasteiger partial charge in [0.05, 0.1) is 6.54 Å². The molecule has 1 aromatic heterocycles. The van der Waals surface area contributed by atoms with Crippen LogP contribution in [0.5, 0.6) is 0 Å². The molecule has 18 heavy (non-hydrogen) atoms. The quantitative estimate of drug-likeness (QED) is 0.711. The number of aromatic nitrogens is 3. The van der Waals surface area contributed by atoms with Crippen LogP contribution in [0.25, 0.3) is 0 Å². The summed E-state index contributed by atoms with van der Waals surface area (Å²) in [6.45, 7) is 12.5. The van der Waals surface area contributed by atoms with Crippen molar-refractivity contribution in [2.75, 3.05) is 20.1 Å². The predicted molar refractivity (Wildman–Crippen MR) is 74.3 cm³/mol. The van der Waals surface area contributed by atoms with E-state index < -0.39 is 0 Å². The van der Waals surface area contributed by atoms with Gasteiger partial charge in [-0.2, -0.15) is 5.10 Å². The molecule has 0 amide bonds. The fourth-order valence-corrected chi connectivity index (χ4v) is 1.64. The van der Waals surface area contributed by atoms with Gasteiger partial charge in [0.25, 0.3) is 0 Å². The van der Waals surface area contributed by atoms with Crippen LogP contribution in [-0.2, 0) is 13.1 Å². The van der Waals surface area contributed by atoms with Gasteiger partial charge in [0.15, 0.2) is 0 Å². The van der Waals surface area contributed by atoms with Gasteiger partial charge in [0.2, 0.25) is 0 Å². The molecule has 0 aliphatic carbocycles. The Labute approximate surface area is 111 Å². The number of nitrogens with zero attached hydrogens (tertiary/aromatic N) is 4. The van der Waals surface area contributed by atoms with Gasteiger partial charge in [-0.1, -0.05) is 13.8 Å². The van der Waals surface area contributed by atoms with Crippen LogP contribution in [0.1, 0.15) is 33.5 Å². The summed E-state index contributed by atoms with van der Waals surface area (Å²) >= 11 is 0. The second-order valence-corrected chi connectivity index (χ2v) is 5.50. The Hall–Kier alpha value is -0.940. The zero-order valence-electron chi connectivity index (χ0n) is 12.3. The highest BCUT2D eigenvalue weighted by molar-refractivity contribution is 4.84. The first-order chi connectivity index (χ1) is 8.50. The number of rotatable bonds is 8. The smallest absolute Gasteiger partial charge is 0.140 e. The lowest BCUT2D eigenvalue weighted by atomic mass is 10.2. The molecular formula is C13H27N5. The van der Waals surface area contributed by atoms with Crippen LogP contribution in [0.15, 0.2) is 6.33 Å². The first kappa shape index (κ1) is 15.1. The van der Waals surface area contributed by atoms with Gasteiger partial charge in [0, 0.05) is 25.7 Å². The summed E-state index contributed by atoms with van der Waals surface area (Å²) in [6.07, 6.45) is 1.64. The van der Waals surface area contributed by atoms with Gasteiger partial charge in [-0.25, -0.2) is 9.67 Å². The third-order valence-corrected chi connectivity index (χ3v) is 3.04. The molecule has 1 heterocycles. The van der Waals surface area contributed by atoms with Gasteiger partial charge in [-0.3, -0.25) is 0 Å². The van der Waals surface area contributed by atoms with Crippen molar-refractivity contribution in [3.05, 3.63) is 12.2 Å². The minimum atomic E-state index is 0.594. The summed E-state index contributed by atoms with van der Waals surface area (Å²) < 4.78 is 1.99. The van der Waals surface area contributed by atoms with Gasteiger partial charge in [0.1, 0.15) is 12.2 Å². The summed E-state index contributed by atoms with van der Waals surface area (Å²) in [6, 6.07) is 0.594. The van der Waals surface area contributed by atoms with E-state index in [1.165, 1.54) is 0 Å². The van der Waals surface area contributed by atoms with Gasteiger partial charge < -0.3 is 10.2 Å². The van der Waals surface area contributed by atoms with Crippen molar-refractivity contribution in [2.24, 2.45) is 5.92 Å². The maximum absolute atomic E-state index is 4.30. The normalized spacial score (nSPS) is 12.0. The maximum Gasteiger partial charge on any atom is 0.140 e. The molecule has 0 saturated carbocycles. The molecule has 1 rings (SSSR count). The van der Waals surface area contributed by atoms with Gasteiger partial charge in [-0.15, -0.1) is 0 Å². The highest BCUT2D eigenvalue weighted by Gasteiger charge is 2.06. The Morgan fingerprint density at radius 2 is 2.06 bits per heavy atom. The van der Waals surface area contributed by atoms with Crippen LogP contribution in [0.3, 0.4) is 0 Å². The van der Waals surface area contributed by atoms with Gasteiger partial charge >= 0.3 is 0 Å². The molecular weight excluding hydrogens is 226 g/mol. The molecule has 0 spiro atoms. The molecule has 1 N–H and O–H groups in total. The number of hydrogen-bond donors (Lipinski definition) is 1. The van der Waals surface area contributed by atoms with Crippen LogP contribution < -0.4 is 5.32 Å². The topological polar surface area (TPSA) is 46.0 Å². The van der Waals surface area contributed by atoms with Crippen LogP contribution in [0.4, 0.5) is 0 Å². The molecule has 5 nitrogen and oxygen atoms in total. The fraction of sp³-hybridized carbons (Fsp3) is 0.846. The molecule has 0 aliphatic rings. The molecule has 0 aromatic carbocycles. The SMILES string of the molecule is CC(C)Cn1ncnc1CNCCN(C)C(C)C. The molecule has 0 saturated heterocycles. The Morgan fingerprint density at radius 3 is 2.67 bits per heavy atom. The third-order valence-electron chi connectivity index (χ3n) is 3.04. The zero-order valence-corrected chi connectivity index (χ0v) is 12.3. The van der Waals surface area contributed by atoms with Crippen molar-refractivity contribution in [3.8, 4) is 0 Å². The standard InChI is InChI=1S/C13H27N5/c1-11(2)9-18-13(15-10-16-18)8-14-6-7-17(5)12(3)4/h10-12,14H,6-9H2,1-5H3. The van der Waals surface area contributed by atoms with E-state index in [1.807, 2.05) is 4.68 Å². The van der Waals surface area contributed by atoms with Crippen LogP contribution in [0, 0.1) is 5.92 Å². The lowest BCUT2D eigenvalue weighted by Gasteiger charge is -2.20. The first-order valence-electron chi connectivity index (χ1n) is 6.78. The van der Waals surface area contributed by atoms with E-state index in [9.17, 15) is 0 Å². The van der Waals surface area contributed by atoms with E-state index in [4.69, 9.17) is 0 Å². The van der Waals surface area contributed by atoms with Crippen molar-refractivity contribution in [1.82, 2.24) is 25.0 Å². The van der Waals surface area contributed by atoms with Crippen LogP contribution in [0.2, 0.25) is 0 Å². The Kier molecular flexibility index (Phi) is 6.29. The minimum Gasteiger partial charge on any atom is -0.309 e. The van der Waals surface area contributed by atoms with Crippen LogP contribution >= 0.6 is 0 Å². The summed E-state index contributed by atoms with van der Waals surface area (Å²) in [4.78, 5) is 6.62. The van der Waals surface area contributed by atoms with E-state index in [-0.39, 0.29) is 0 Å².